The van der Waals surface area contributed by atoms with E-state index >= 15 is 0 Å². The molecule has 0 radical (unpaired) electrons. The molecule has 1 aromatic carbocycles. The van der Waals surface area contributed by atoms with Crippen LogP contribution in [0, 0.1) is 0 Å². The molecule has 1 fully saturated rings. The first kappa shape index (κ1) is 14.4. The number of hydrogen-bond acceptors (Lipinski definition) is 2. The molecule has 19 heavy (non-hydrogen) atoms. The van der Waals surface area contributed by atoms with E-state index in [-0.39, 0.29) is 5.54 Å². The van der Waals surface area contributed by atoms with Gasteiger partial charge in [-0.25, -0.2) is 0 Å². The molecule has 1 amide bonds. The molecule has 2 rings (SSSR count). The third-order valence-corrected chi connectivity index (χ3v) is 4.35. The van der Waals surface area contributed by atoms with Gasteiger partial charge < -0.3 is 11.1 Å². The molecule has 0 heterocycles. The molecule has 1 saturated carbocycles. The minimum absolute atomic E-state index is 0.212. The fraction of sp³-hybridized carbons (Fsp3) is 0.533. The highest BCUT2D eigenvalue weighted by Crippen LogP contribution is 2.28. The molecular weight excluding hydrogens is 260 g/mol. The van der Waals surface area contributed by atoms with E-state index in [1.165, 1.54) is 32.1 Å². The summed E-state index contributed by atoms with van der Waals surface area (Å²) in [5.74, 6) is -0.444. The van der Waals surface area contributed by atoms with Gasteiger partial charge in [0.2, 0.25) is 5.91 Å². The van der Waals surface area contributed by atoms with Crippen LogP contribution in [0.1, 0.15) is 54.9 Å². The molecule has 0 atom stereocenters. The van der Waals surface area contributed by atoms with E-state index in [9.17, 15) is 4.79 Å². The predicted molar refractivity (Wildman–Crippen MR) is 78.3 cm³/mol. The summed E-state index contributed by atoms with van der Waals surface area (Å²) in [4.78, 5) is 11.1. The normalized spacial score (nSPS) is 18.2. The van der Waals surface area contributed by atoms with Crippen molar-refractivity contribution < 1.29 is 4.79 Å². The summed E-state index contributed by atoms with van der Waals surface area (Å²) in [6.45, 7) is 3.01. The Hall–Kier alpha value is -1.06. The fourth-order valence-electron chi connectivity index (χ4n) is 2.66. The molecule has 0 unspecified atom stereocenters. The van der Waals surface area contributed by atoms with Gasteiger partial charge in [-0.15, -0.1) is 0 Å². The van der Waals surface area contributed by atoms with Crippen LogP contribution < -0.4 is 11.1 Å². The Morgan fingerprint density at radius 2 is 2.05 bits per heavy atom. The fourth-order valence-corrected chi connectivity index (χ4v) is 2.91. The van der Waals surface area contributed by atoms with Crippen LogP contribution in [0.25, 0.3) is 0 Å². The lowest BCUT2D eigenvalue weighted by atomic mass is 9.83. The van der Waals surface area contributed by atoms with Crippen LogP contribution in [0.15, 0.2) is 18.2 Å². The first-order valence-electron chi connectivity index (χ1n) is 6.83. The van der Waals surface area contributed by atoms with Gasteiger partial charge in [-0.1, -0.05) is 36.9 Å². The van der Waals surface area contributed by atoms with E-state index in [4.69, 9.17) is 17.3 Å². The number of nitrogens with two attached hydrogens (primary N) is 1. The molecule has 1 aliphatic carbocycles. The van der Waals surface area contributed by atoms with Crippen molar-refractivity contribution >= 4 is 17.5 Å². The average Bonchev–Trinajstić information content (AvgIpc) is 2.38. The molecule has 0 saturated heterocycles. The lowest BCUT2D eigenvalue weighted by Gasteiger charge is -2.35. The van der Waals surface area contributed by atoms with E-state index in [1.807, 2.05) is 6.07 Å². The van der Waals surface area contributed by atoms with Crippen molar-refractivity contribution in [2.45, 2.75) is 51.1 Å². The van der Waals surface area contributed by atoms with Gasteiger partial charge in [-0.3, -0.25) is 4.79 Å². The molecule has 1 aromatic rings. The summed E-state index contributed by atoms with van der Waals surface area (Å²) >= 11 is 6.19. The van der Waals surface area contributed by atoms with Gasteiger partial charge >= 0.3 is 0 Å². The summed E-state index contributed by atoms with van der Waals surface area (Å²) < 4.78 is 0. The summed E-state index contributed by atoms with van der Waals surface area (Å²) in [5.41, 5.74) is 6.91. The molecule has 0 spiro atoms. The van der Waals surface area contributed by atoms with E-state index in [2.05, 4.69) is 12.2 Å². The monoisotopic (exact) mass is 280 g/mol. The van der Waals surface area contributed by atoms with Crippen LogP contribution in [0.4, 0.5) is 0 Å². The topological polar surface area (TPSA) is 55.1 Å². The number of carbonyl (C=O) groups is 1. The number of benzene rings is 1. The second-order valence-corrected chi connectivity index (χ2v) is 6.05. The van der Waals surface area contributed by atoms with E-state index in [1.54, 1.807) is 12.1 Å². The third kappa shape index (κ3) is 3.71. The second kappa shape index (κ2) is 5.93. The highest BCUT2D eigenvalue weighted by molar-refractivity contribution is 6.31. The molecule has 4 heteroatoms. The molecule has 0 aromatic heterocycles. The SMILES string of the molecule is CC1(NCc2ccc(C(N)=O)cc2Cl)CCCCC1. The number of rotatable bonds is 4. The van der Waals surface area contributed by atoms with Gasteiger partial charge in [-0.05, 0) is 37.5 Å². The first-order valence-corrected chi connectivity index (χ1v) is 7.21. The van der Waals surface area contributed by atoms with Gasteiger partial charge in [0.25, 0.3) is 0 Å². The number of nitrogens with one attached hydrogen (secondary N) is 1. The maximum Gasteiger partial charge on any atom is 0.248 e. The molecule has 3 N–H and O–H groups in total. The number of primary amides is 1. The van der Waals surface area contributed by atoms with Crippen LogP contribution >= 0.6 is 11.6 Å². The van der Waals surface area contributed by atoms with Crippen LogP contribution in [0.3, 0.4) is 0 Å². The molecule has 3 nitrogen and oxygen atoms in total. The molecule has 104 valence electrons. The van der Waals surface area contributed by atoms with Gasteiger partial charge in [0.05, 0.1) is 0 Å². The number of halogens is 1. The average molecular weight is 281 g/mol. The van der Waals surface area contributed by atoms with Crippen molar-refractivity contribution in [3.8, 4) is 0 Å². The standard InChI is InChI=1S/C15H21ClN2O/c1-15(7-3-2-4-8-15)18-10-12-6-5-11(14(17)19)9-13(12)16/h5-6,9,18H,2-4,7-8,10H2,1H3,(H2,17,19). The summed E-state index contributed by atoms with van der Waals surface area (Å²) in [5, 5.41) is 4.20. The largest absolute Gasteiger partial charge is 0.366 e. The zero-order valence-corrected chi connectivity index (χ0v) is 12.1. The minimum Gasteiger partial charge on any atom is -0.366 e. The van der Waals surface area contributed by atoms with E-state index < -0.39 is 5.91 Å². The summed E-state index contributed by atoms with van der Waals surface area (Å²) in [6.07, 6.45) is 6.34. The van der Waals surface area contributed by atoms with E-state index in [0.29, 0.717) is 10.6 Å². The van der Waals surface area contributed by atoms with Crippen LogP contribution in [0.2, 0.25) is 5.02 Å². The summed E-state index contributed by atoms with van der Waals surface area (Å²) in [6, 6.07) is 5.25. The Balaban J connectivity index is 2.01. The Bertz CT molecular complexity index is 467. The Morgan fingerprint density at radius 3 is 2.63 bits per heavy atom. The van der Waals surface area contributed by atoms with Crippen LogP contribution in [-0.4, -0.2) is 11.4 Å². The van der Waals surface area contributed by atoms with Gasteiger partial charge in [0, 0.05) is 22.7 Å². The zero-order valence-electron chi connectivity index (χ0n) is 11.3. The van der Waals surface area contributed by atoms with Crippen LogP contribution in [0.5, 0.6) is 0 Å². The first-order chi connectivity index (χ1) is 9.00. The molecule has 0 bridgehead atoms. The van der Waals surface area contributed by atoms with Crippen molar-refractivity contribution in [3.63, 3.8) is 0 Å². The Kier molecular flexibility index (Phi) is 4.48. The number of amides is 1. The van der Waals surface area contributed by atoms with Crippen LogP contribution in [-0.2, 0) is 6.54 Å². The highest BCUT2D eigenvalue weighted by Gasteiger charge is 2.25. The molecule has 0 aliphatic heterocycles. The Morgan fingerprint density at radius 1 is 1.37 bits per heavy atom. The van der Waals surface area contributed by atoms with Gasteiger partial charge in [0.15, 0.2) is 0 Å². The maximum absolute atomic E-state index is 11.1. The van der Waals surface area contributed by atoms with Crippen molar-refractivity contribution in [2.75, 3.05) is 0 Å². The van der Waals surface area contributed by atoms with Gasteiger partial charge in [0.1, 0.15) is 0 Å². The highest BCUT2D eigenvalue weighted by atomic mass is 35.5. The van der Waals surface area contributed by atoms with E-state index in [0.717, 1.165) is 12.1 Å². The Labute approximate surface area is 119 Å². The third-order valence-electron chi connectivity index (χ3n) is 4.00. The summed E-state index contributed by atoms with van der Waals surface area (Å²) in [7, 11) is 0. The van der Waals surface area contributed by atoms with Crippen molar-refractivity contribution in [3.05, 3.63) is 34.3 Å². The smallest absolute Gasteiger partial charge is 0.248 e. The van der Waals surface area contributed by atoms with Crippen molar-refractivity contribution in [2.24, 2.45) is 5.73 Å². The predicted octanol–water partition coefficient (Wildman–Crippen LogP) is 3.25. The number of carbonyl (C=O) groups excluding carboxylic acids is 1. The van der Waals surface area contributed by atoms with Crippen molar-refractivity contribution in [1.29, 1.82) is 0 Å². The van der Waals surface area contributed by atoms with Gasteiger partial charge in [-0.2, -0.15) is 0 Å². The molecule has 1 aliphatic rings. The lowest BCUT2D eigenvalue weighted by molar-refractivity contribution is 0.100. The quantitative estimate of drug-likeness (QED) is 0.889. The van der Waals surface area contributed by atoms with Crippen molar-refractivity contribution in [1.82, 2.24) is 5.32 Å². The second-order valence-electron chi connectivity index (χ2n) is 5.65. The number of hydrogen-bond donors (Lipinski definition) is 2. The maximum atomic E-state index is 11.1. The minimum atomic E-state index is -0.444. The lowest BCUT2D eigenvalue weighted by Crippen LogP contribution is -2.43. The zero-order chi connectivity index (χ0) is 13.9. The molecular formula is C15H21ClN2O.